The molecular formula is C28H44N2O11S. The zero-order valence-corrected chi connectivity index (χ0v) is 25.1. The highest BCUT2D eigenvalue weighted by Gasteiger charge is 2.10. The van der Waals surface area contributed by atoms with Crippen molar-refractivity contribution >= 4 is 39.6 Å². The Balaban J connectivity index is 0. The Bertz CT molecular complexity index is 1040. The smallest absolute Gasteiger partial charge is 0.328 e. The summed E-state index contributed by atoms with van der Waals surface area (Å²) in [5.41, 5.74) is 1.34. The maximum Gasteiger partial charge on any atom is 0.328 e. The number of nitrogens with one attached hydrogen (secondary N) is 1. The second-order valence-corrected chi connectivity index (χ2v) is 10.8. The molecule has 238 valence electrons. The molecule has 42 heavy (non-hydrogen) atoms. The second-order valence-electron chi connectivity index (χ2n) is 9.02. The van der Waals surface area contributed by atoms with Gasteiger partial charge in [0.1, 0.15) is 0 Å². The molecule has 1 unspecified atom stereocenters. The maximum atomic E-state index is 11.2. The first-order valence-electron chi connectivity index (χ1n) is 13.4. The van der Waals surface area contributed by atoms with Gasteiger partial charge in [-0.15, -0.1) is 0 Å². The second kappa shape index (κ2) is 23.9. The van der Waals surface area contributed by atoms with Crippen LogP contribution in [0.25, 0.3) is 0 Å². The van der Waals surface area contributed by atoms with Gasteiger partial charge >= 0.3 is 23.9 Å². The van der Waals surface area contributed by atoms with Crippen LogP contribution < -0.4 is 4.72 Å². The number of unbranched alkanes of at least 4 members (excludes halogenated alkanes) is 4. The van der Waals surface area contributed by atoms with Gasteiger partial charge in [-0.2, -0.15) is 0 Å². The van der Waals surface area contributed by atoms with Gasteiger partial charge in [0, 0.05) is 30.0 Å². The van der Waals surface area contributed by atoms with Crippen molar-refractivity contribution in [1.29, 1.82) is 0 Å². The van der Waals surface area contributed by atoms with E-state index in [1.54, 1.807) is 24.3 Å². The fourth-order valence-corrected chi connectivity index (χ4v) is 3.88. The lowest BCUT2D eigenvalue weighted by Crippen LogP contribution is -2.26. The number of aliphatic carboxylic acids is 4. The summed E-state index contributed by atoms with van der Waals surface area (Å²) in [5, 5.41) is 41.6. The minimum atomic E-state index is -3.27. The number of carboxylic acids is 4. The van der Waals surface area contributed by atoms with Crippen LogP contribution in [0.5, 0.6) is 0 Å². The highest BCUT2D eigenvalue weighted by atomic mass is 32.2. The number of hydrogen-bond donors (Lipinski definition) is 6. The van der Waals surface area contributed by atoms with E-state index < -0.39 is 40.0 Å². The zero-order chi connectivity index (χ0) is 32.6. The molecule has 0 saturated carbocycles. The van der Waals surface area contributed by atoms with Crippen LogP contribution in [0.15, 0.2) is 48.6 Å². The van der Waals surface area contributed by atoms with E-state index in [4.69, 9.17) is 20.4 Å². The topological polar surface area (TPSA) is 219 Å². The van der Waals surface area contributed by atoms with Gasteiger partial charge in [-0.05, 0) is 56.6 Å². The minimum Gasteiger partial charge on any atom is -0.478 e. The number of hydrogen-bond acceptors (Lipinski definition) is 8. The monoisotopic (exact) mass is 616 g/mol. The first-order chi connectivity index (χ1) is 19.6. The Kier molecular flexibility index (Phi) is 23.0. The fourth-order valence-electron chi connectivity index (χ4n) is 3.31. The van der Waals surface area contributed by atoms with Gasteiger partial charge in [-0.25, -0.2) is 27.6 Å². The predicted octanol–water partition coefficient (Wildman–Crippen LogP) is 3.59. The quantitative estimate of drug-likeness (QED) is 0.103. The van der Waals surface area contributed by atoms with E-state index in [-0.39, 0.29) is 0 Å². The van der Waals surface area contributed by atoms with Gasteiger partial charge in [-0.3, -0.25) is 4.72 Å². The summed E-state index contributed by atoms with van der Waals surface area (Å²) in [5.74, 6) is -5.03. The molecule has 1 aromatic carbocycles. The molecule has 0 aliphatic carbocycles. The molecule has 1 atom stereocenters. The molecule has 0 aromatic heterocycles. The van der Waals surface area contributed by atoms with Gasteiger partial charge in [0.2, 0.25) is 10.0 Å². The summed E-state index contributed by atoms with van der Waals surface area (Å²) < 4.78 is 24.9. The van der Waals surface area contributed by atoms with E-state index in [0.29, 0.717) is 36.4 Å². The van der Waals surface area contributed by atoms with Crippen LogP contribution in [0.2, 0.25) is 0 Å². The largest absolute Gasteiger partial charge is 0.478 e. The molecule has 0 aliphatic heterocycles. The van der Waals surface area contributed by atoms with Crippen molar-refractivity contribution in [3.05, 3.63) is 54.1 Å². The standard InChI is InChI=1S/C20H36N2O3S.2C4H4O4/c1-4-6-7-8-9-16-22(5-2)17-10-11-20(23)18-12-14-19(15-13-18)21-26(3,24)25;2*5-3(6)1-2-4(7)8/h12-15,20-21,23H,4-11,16-17H2,1-3H3;2*1-2H,(H,5,6)(H,7,8)/b;2*2-1+. The van der Waals surface area contributed by atoms with Crippen LogP contribution in [0.4, 0.5) is 5.69 Å². The zero-order valence-electron chi connectivity index (χ0n) is 24.3. The van der Waals surface area contributed by atoms with Crippen molar-refractivity contribution < 1.29 is 53.1 Å². The molecule has 1 aromatic rings. The number of carboxylic acid groups (broad SMARTS) is 4. The number of nitrogens with zero attached hydrogens (tertiary/aromatic N) is 1. The van der Waals surface area contributed by atoms with E-state index in [9.17, 15) is 32.7 Å². The molecule has 0 amide bonds. The summed E-state index contributed by atoms with van der Waals surface area (Å²) in [6, 6.07) is 6.94. The number of rotatable bonds is 18. The van der Waals surface area contributed by atoms with Crippen molar-refractivity contribution in [3.8, 4) is 0 Å². The van der Waals surface area contributed by atoms with Crippen molar-refractivity contribution in [2.75, 3.05) is 30.6 Å². The average molecular weight is 617 g/mol. The van der Waals surface area contributed by atoms with Crippen molar-refractivity contribution in [2.45, 2.75) is 64.9 Å². The molecule has 0 aliphatic rings. The fraction of sp³-hybridized carbons (Fsp3) is 0.500. The summed E-state index contributed by atoms with van der Waals surface area (Å²) in [6.07, 6.45) is 11.0. The van der Waals surface area contributed by atoms with Crippen LogP contribution in [0.3, 0.4) is 0 Å². The van der Waals surface area contributed by atoms with E-state index in [2.05, 4.69) is 23.5 Å². The summed E-state index contributed by atoms with van der Waals surface area (Å²) in [4.78, 5) is 40.7. The molecule has 1 rings (SSSR count). The van der Waals surface area contributed by atoms with Crippen molar-refractivity contribution in [1.82, 2.24) is 4.90 Å². The average Bonchev–Trinajstić information content (AvgIpc) is 2.89. The molecule has 0 radical (unpaired) electrons. The van der Waals surface area contributed by atoms with Gasteiger partial charge in [0.15, 0.2) is 0 Å². The highest BCUT2D eigenvalue weighted by Crippen LogP contribution is 2.21. The highest BCUT2D eigenvalue weighted by molar-refractivity contribution is 7.92. The van der Waals surface area contributed by atoms with Gasteiger partial charge in [0.25, 0.3) is 0 Å². The van der Waals surface area contributed by atoms with Crippen molar-refractivity contribution in [2.24, 2.45) is 0 Å². The van der Waals surface area contributed by atoms with Crippen LogP contribution in [-0.2, 0) is 29.2 Å². The number of aliphatic hydroxyl groups is 1. The lowest BCUT2D eigenvalue weighted by atomic mass is 10.0. The number of benzene rings is 1. The van der Waals surface area contributed by atoms with Crippen LogP contribution in [-0.4, -0.2) is 88.6 Å². The number of aliphatic hydroxyl groups excluding tert-OH is 1. The SMILES string of the molecule is CCCCCCCN(CC)CCCC(O)c1ccc(NS(C)(=O)=O)cc1.O=C(O)/C=C/C(=O)O.O=C(O)/C=C/C(=O)O. The van der Waals surface area contributed by atoms with Gasteiger partial charge < -0.3 is 30.4 Å². The van der Waals surface area contributed by atoms with Gasteiger partial charge in [-0.1, -0.05) is 51.7 Å². The number of anilines is 1. The molecular weight excluding hydrogens is 572 g/mol. The Morgan fingerprint density at radius 2 is 1.19 bits per heavy atom. The lowest BCUT2D eigenvalue weighted by molar-refractivity contribution is -0.134. The van der Waals surface area contributed by atoms with Crippen LogP contribution in [0.1, 0.15) is 70.5 Å². The predicted molar refractivity (Wildman–Crippen MR) is 159 cm³/mol. The van der Waals surface area contributed by atoms with E-state index in [1.165, 1.54) is 32.1 Å². The Labute approximate surface area is 247 Å². The van der Waals surface area contributed by atoms with Gasteiger partial charge in [0.05, 0.1) is 12.4 Å². The molecule has 0 heterocycles. The summed E-state index contributed by atoms with van der Waals surface area (Å²) in [6.45, 7) is 7.63. The van der Waals surface area contributed by atoms with E-state index in [1.807, 2.05) is 0 Å². The minimum absolute atomic E-state index is 0.509. The maximum absolute atomic E-state index is 11.2. The molecule has 0 fully saturated rings. The third-order valence-electron chi connectivity index (χ3n) is 5.31. The number of carbonyl (C=O) groups is 4. The molecule has 0 saturated heterocycles. The Morgan fingerprint density at radius 3 is 1.57 bits per heavy atom. The van der Waals surface area contributed by atoms with E-state index >= 15 is 0 Å². The summed E-state index contributed by atoms with van der Waals surface area (Å²) >= 11 is 0. The Morgan fingerprint density at radius 1 is 0.762 bits per heavy atom. The lowest BCUT2D eigenvalue weighted by Gasteiger charge is -2.21. The third-order valence-corrected chi connectivity index (χ3v) is 5.92. The Hall–Kier alpha value is -3.75. The normalized spacial score (nSPS) is 11.7. The van der Waals surface area contributed by atoms with E-state index in [0.717, 1.165) is 37.9 Å². The molecule has 0 spiro atoms. The van der Waals surface area contributed by atoms with Crippen LogP contribution >= 0.6 is 0 Å². The molecule has 0 bridgehead atoms. The molecule has 6 N–H and O–H groups in total. The first-order valence-corrected chi connectivity index (χ1v) is 15.3. The van der Waals surface area contributed by atoms with Crippen molar-refractivity contribution in [3.63, 3.8) is 0 Å². The third kappa shape index (κ3) is 27.8. The molecule has 13 nitrogen and oxygen atoms in total. The summed E-state index contributed by atoms with van der Waals surface area (Å²) in [7, 11) is -3.27. The first kappa shape index (κ1) is 40.4. The molecule has 14 heteroatoms. The van der Waals surface area contributed by atoms with Crippen LogP contribution in [0, 0.1) is 0 Å². The number of sulfonamides is 1.